The fourth-order valence-electron chi connectivity index (χ4n) is 1.70. The molecule has 0 fully saturated rings. The van der Waals surface area contributed by atoms with Crippen molar-refractivity contribution in [2.45, 2.75) is 11.8 Å². The first-order chi connectivity index (χ1) is 7.48. The molecule has 16 heavy (non-hydrogen) atoms. The summed E-state index contributed by atoms with van der Waals surface area (Å²) in [6, 6.07) is 4.72. The number of carbonyl (C=O) groups excluding carboxylic acids is 1. The van der Waals surface area contributed by atoms with Crippen LogP contribution in [0.4, 0.5) is 0 Å². The molecule has 0 radical (unpaired) electrons. The summed E-state index contributed by atoms with van der Waals surface area (Å²) < 4.78 is 29.0. The molecule has 0 aliphatic carbocycles. The van der Waals surface area contributed by atoms with Crippen molar-refractivity contribution in [2.75, 3.05) is 7.11 Å². The average Bonchev–Trinajstić information content (AvgIpc) is 2.51. The zero-order valence-electron chi connectivity index (χ0n) is 8.85. The molecule has 1 aliphatic rings. The van der Waals surface area contributed by atoms with E-state index in [9.17, 15) is 13.2 Å². The Bertz CT molecular complexity index is 596. The molecule has 0 N–H and O–H groups in total. The van der Waals surface area contributed by atoms with E-state index in [1.807, 2.05) is 0 Å². The number of ether oxygens (including phenoxy) is 1. The number of sulfone groups is 1. The number of benzene rings is 1. The van der Waals surface area contributed by atoms with Gasteiger partial charge in [-0.1, -0.05) is 6.07 Å². The number of Topliss-reactive ketones (excluding diaryl/α,β-unsaturated/α-hetero) is 1. The van der Waals surface area contributed by atoms with E-state index in [2.05, 4.69) is 0 Å². The van der Waals surface area contributed by atoms with E-state index in [-0.39, 0.29) is 9.80 Å². The molecule has 0 saturated heterocycles. The maximum atomic E-state index is 11.9. The van der Waals surface area contributed by atoms with Crippen LogP contribution in [0.15, 0.2) is 28.0 Å². The second-order valence-corrected chi connectivity index (χ2v) is 5.33. The maximum absolute atomic E-state index is 11.9. The fraction of sp³-hybridized carbons (Fsp3) is 0.182. The first-order valence-electron chi connectivity index (χ1n) is 4.63. The van der Waals surface area contributed by atoms with Gasteiger partial charge in [0.1, 0.15) is 10.7 Å². The van der Waals surface area contributed by atoms with Gasteiger partial charge in [-0.15, -0.1) is 0 Å². The SMILES string of the molecule is COc1cccc2c1C=C(C(C)=O)S2(=O)=O. The highest BCUT2D eigenvalue weighted by atomic mass is 32.2. The van der Waals surface area contributed by atoms with Gasteiger partial charge in [-0.2, -0.15) is 0 Å². The predicted molar refractivity (Wildman–Crippen MR) is 58.8 cm³/mol. The van der Waals surface area contributed by atoms with Crippen molar-refractivity contribution in [3.05, 3.63) is 28.7 Å². The highest BCUT2D eigenvalue weighted by Crippen LogP contribution is 2.38. The molecule has 0 atom stereocenters. The fourth-order valence-corrected chi connectivity index (χ4v) is 3.29. The largest absolute Gasteiger partial charge is 0.496 e. The van der Waals surface area contributed by atoms with E-state index in [1.54, 1.807) is 12.1 Å². The van der Waals surface area contributed by atoms with Crippen LogP contribution in [0.25, 0.3) is 6.08 Å². The number of carbonyl (C=O) groups is 1. The number of allylic oxidation sites excluding steroid dienone is 1. The van der Waals surface area contributed by atoms with Crippen LogP contribution in [0.5, 0.6) is 5.75 Å². The van der Waals surface area contributed by atoms with E-state index in [4.69, 9.17) is 4.74 Å². The van der Waals surface area contributed by atoms with Crippen molar-refractivity contribution in [1.29, 1.82) is 0 Å². The Hall–Kier alpha value is -1.62. The first-order valence-corrected chi connectivity index (χ1v) is 6.11. The molecule has 1 aromatic rings. The number of hydrogen-bond donors (Lipinski definition) is 0. The minimum Gasteiger partial charge on any atom is -0.496 e. The minimum atomic E-state index is -3.65. The molecule has 0 bridgehead atoms. The van der Waals surface area contributed by atoms with Crippen LogP contribution in [0.1, 0.15) is 12.5 Å². The number of fused-ring (bicyclic) bond motifs is 1. The molecule has 84 valence electrons. The van der Waals surface area contributed by atoms with E-state index in [1.165, 1.54) is 26.2 Å². The standard InChI is InChI=1S/C11H10O4S/c1-7(12)11-6-8-9(15-2)4-3-5-10(8)16(11,13)14/h3-6H,1-2H3. The van der Waals surface area contributed by atoms with Crippen molar-refractivity contribution >= 4 is 21.7 Å². The molecule has 0 spiro atoms. The van der Waals surface area contributed by atoms with Crippen LogP contribution >= 0.6 is 0 Å². The number of ketones is 1. The summed E-state index contributed by atoms with van der Waals surface area (Å²) >= 11 is 0. The summed E-state index contributed by atoms with van der Waals surface area (Å²) in [5.41, 5.74) is 0.454. The molecular weight excluding hydrogens is 228 g/mol. The van der Waals surface area contributed by atoms with E-state index in [0.29, 0.717) is 11.3 Å². The van der Waals surface area contributed by atoms with E-state index in [0.717, 1.165) is 0 Å². The molecule has 1 aromatic carbocycles. The van der Waals surface area contributed by atoms with Crippen molar-refractivity contribution in [1.82, 2.24) is 0 Å². The third-order valence-corrected chi connectivity index (χ3v) is 4.37. The smallest absolute Gasteiger partial charge is 0.210 e. The molecule has 1 heterocycles. The van der Waals surface area contributed by atoms with Gasteiger partial charge in [-0.3, -0.25) is 4.79 Å². The lowest BCUT2D eigenvalue weighted by molar-refractivity contribution is -0.112. The Morgan fingerprint density at radius 2 is 2.00 bits per heavy atom. The van der Waals surface area contributed by atoms with Crippen LogP contribution in [-0.2, 0) is 14.6 Å². The number of hydrogen-bond acceptors (Lipinski definition) is 4. The van der Waals surface area contributed by atoms with Crippen molar-refractivity contribution in [3.63, 3.8) is 0 Å². The van der Waals surface area contributed by atoms with Gasteiger partial charge in [0.2, 0.25) is 9.84 Å². The topological polar surface area (TPSA) is 60.4 Å². The van der Waals surface area contributed by atoms with Crippen molar-refractivity contribution in [2.24, 2.45) is 0 Å². The molecule has 0 amide bonds. The molecule has 5 heteroatoms. The number of rotatable bonds is 2. The lowest BCUT2D eigenvalue weighted by atomic mass is 10.2. The molecule has 2 rings (SSSR count). The van der Waals surface area contributed by atoms with Gasteiger partial charge < -0.3 is 4.74 Å². The molecule has 0 unspecified atom stereocenters. The third kappa shape index (κ3) is 1.36. The van der Waals surface area contributed by atoms with Crippen molar-refractivity contribution < 1.29 is 17.9 Å². The Balaban J connectivity index is 2.77. The summed E-state index contributed by atoms with van der Waals surface area (Å²) in [5, 5.41) is 0. The second-order valence-electron chi connectivity index (χ2n) is 3.44. The molecule has 0 aromatic heterocycles. The van der Waals surface area contributed by atoms with Crippen LogP contribution in [-0.4, -0.2) is 21.3 Å². The monoisotopic (exact) mass is 238 g/mol. The summed E-state index contributed by atoms with van der Waals surface area (Å²) in [6.07, 6.45) is 1.37. The van der Waals surface area contributed by atoms with E-state index >= 15 is 0 Å². The molecular formula is C11H10O4S. The second kappa shape index (κ2) is 3.45. The minimum absolute atomic E-state index is 0.136. The summed E-state index contributed by atoms with van der Waals surface area (Å²) in [5.74, 6) is -0.00409. The summed E-state index contributed by atoms with van der Waals surface area (Å²) in [6.45, 7) is 1.24. The molecule has 1 aliphatic heterocycles. The molecule has 0 saturated carbocycles. The van der Waals surface area contributed by atoms with Crippen LogP contribution < -0.4 is 4.74 Å². The highest BCUT2D eigenvalue weighted by molar-refractivity contribution is 7.96. The normalized spacial score (nSPS) is 16.5. The van der Waals surface area contributed by atoms with Gasteiger partial charge in [-0.25, -0.2) is 8.42 Å². The summed E-state index contributed by atoms with van der Waals surface area (Å²) in [7, 11) is -2.19. The summed E-state index contributed by atoms with van der Waals surface area (Å²) in [4.78, 5) is 11.2. The maximum Gasteiger partial charge on any atom is 0.210 e. The Morgan fingerprint density at radius 1 is 1.31 bits per heavy atom. The quantitative estimate of drug-likeness (QED) is 0.781. The number of methoxy groups -OCH3 is 1. The van der Waals surface area contributed by atoms with Gasteiger partial charge in [0.15, 0.2) is 5.78 Å². The zero-order chi connectivity index (χ0) is 11.9. The predicted octanol–water partition coefficient (Wildman–Crippen LogP) is 1.41. The van der Waals surface area contributed by atoms with Gasteiger partial charge in [-0.05, 0) is 25.1 Å². The third-order valence-electron chi connectivity index (χ3n) is 2.45. The average molecular weight is 238 g/mol. The molecule has 4 nitrogen and oxygen atoms in total. The Morgan fingerprint density at radius 3 is 2.56 bits per heavy atom. The Labute approximate surface area is 93.5 Å². The highest BCUT2D eigenvalue weighted by Gasteiger charge is 2.33. The van der Waals surface area contributed by atoms with Gasteiger partial charge in [0, 0.05) is 5.56 Å². The van der Waals surface area contributed by atoms with Crippen LogP contribution in [0, 0.1) is 0 Å². The zero-order valence-corrected chi connectivity index (χ0v) is 9.67. The van der Waals surface area contributed by atoms with Crippen molar-refractivity contribution in [3.8, 4) is 5.75 Å². The van der Waals surface area contributed by atoms with Gasteiger partial charge in [0.25, 0.3) is 0 Å². The van der Waals surface area contributed by atoms with Gasteiger partial charge in [0.05, 0.1) is 12.0 Å². The Kier molecular flexibility index (Phi) is 2.35. The van der Waals surface area contributed by atoms with Crippen LogP contribution in [0.3, 0.4) is 0 Å². The van der Waals surface area contributed by atoms with Crippen LogP contribution in [0.2, 0.25) is 0 Å². The lowest BCUT2D eigenvalue weighted by Gasteiger charge is -2.04. The van der Waals surface area contributed by atoms with Gasteiger partial charge >= 0.3 is 0 Å². The first kappa shape index (κ1) is 10.9. The van der Waals surface area contributed by atoms with E-state index < -0.39 is 15.6 Å². The lowest BCUT2D eigenvalue weighted by Crippen LogP contribution is -2.07.